The standard InChI is InChI=1S/C17H23BrN2S/c1-13(9-19-2)15-6-4-14(5-7-15)10-20(3)11-17-8-16(18)12-21-17/h4-8,12-13,19H,9-11H2,1-3H3. The Hall–Kier alpha value is -0.680. The third-order valence-electron chi connectivity index (χ3n) is 3.56. The zero-order chi connectivity index (χ0) is 15.2. The van der Waals surface area contributed by atoms with Gasteiger partial charge in [-0.1, -0.05) is 31.2 Å². The molecule has 1 heterocycles. The predicted octanol–water partition coefficient (Wildman–Crippen LogP) is 4.47. The maximum Gasteiger partial charge on any atom is 0.0328 e. The first-order valence-corrected chi connectivity index (χ1v) is 8.90. The fraction of sp³-hybridized carbons (Fsp3) is 0.412. The number of rotatable bonds is 7. The van der Waals surface area contributed by atoms with E-state index in [1.807, 2.05) is 7.05 Å². The second kappa shape index (κ2) is 8.08. The summed E-state index contributed by atoms with van der Waals surface area (Å²) in [6.45, 7) is 5.25. The lowest BCUT2D eigenvalue weighted by Crippen LogP contribution is -2.17. The van der Waals surface area contributed by atoms with Gasteiger partial charge in [0.15, 0.2) is 0 Å². The summed E-state index contributed by atoms with van der Waals surface area (Å²) in [7, 11) is 4.17. The summed E-state index contributed by atoms with van der Waals surface area (Å²) in [5.74, 6) is 0.560. The molecular formula is C17H23BrN2S. The van der Waals surface area contributed by atoms with Crippen molar-refractivity contribution in [3.05, 3.63) is 56.2 Å². The van der Waals surface area contributed by atoms with E-state index < -0.39 is 0 Å². The molecule has 1 N–H and O–H groups in total. The lowest BCUT2D eigenvalue weighted by atomic mass is 10.00. The average molecular weight is 367 g/mol. The van der Waals surface area contributed by atoms with Gasteiger partial charge in [0, 0.05) is 34.4 Å². The normalized spacial score (nSPS) is 12.8. The maximum absolute atomic E-state index is 3.51. The second-order valence-corrected chi connectivity index (χ2v) is 7.52. The maximum atomic E-state index is 3.51. The Morgan fingerprint density at radius 1 is 1.24 bits per heavy atom. The van der Waals surface area contributed by atoms with Crippen LogP contribution in [0.3, 0.4) is 0 Å². The summed E-state index contributed by atoms with van der Waals surface area (Å²) in [5.41, 5.74) is 2.77. The minimum Gasteiger partial charge on any atom is -0.319 e. The van der Waals surface area contributed by atoms with E-state index in [-0.39, 0.29) is 0 Å². The Kier molecular flexibility index (Phi) is 6.42. The Balaban J connectivity index is 1.90. The van der Waals surface area contributed by atoms with Gasteiger partial charge in [-0.15, -0.1) is 11.3 Å². The van der Waals surface area contributed by atoms with Crippen molar-refractivity contribution in [3.8, 4) is 0 Å². The van der Waals surface area contributed by atoms with Crippen LogP contribution in [0.1, 0.15) is 28.8 Å². The summed E-state index contributed by atoms with van der Waals surface area (Å²) in [4.78, 5) is 3.74. The number of likely N-dealkylation sites (N-methyl/N-ethyl adjacent to an activating group) is 1. The van der Waals surface area contributed by atoms with Gasteiger partial charge in [0.05, 0.1) is 0 Å². The van der Waals surface area contributed by atoms with Gasteiger partial charge in [-0.2, -0.15) is 0 Å². The molecule has 1 aromatic carbocycles. The molecule has 0 aliphatic rings. The molecule has 0 aliphatic carbocycles. The molecule has 1 aromatic heterocycles. The first kappa shape index (κ1) is 16.7. The Bertz CT molecular complexity index is 550. The second-order valence-electron chi connectivity index (χ2n) is 5.60. The highest BCUT2D eigenvalue weighted by atomic mass is 79.9. The van der Waals surface area contributed by atoms with Crippen LogP contribution in [0.15, 0.2) is 40.2 Å². The molecule has 2 aromatic rings. The molecule has 0 bridgehead atoms. The largest absolute Gasteiger partial charge is 0.319 e. The lowest BCUT2D eigenvalue weighted by Gasteiger charge is -2.17. The average Bonchev–Trinajstić information content (AvgIpc) is 2.85. The molecule has 21 heavy (non-hydrogen) atoms. The van der Waals surface area contributed by atoms with Crippen LogP contribution < -0.4 is 5.32 Å². The lowest BCUT2D eigenvalue weighted by molar-refractivity contribution is 0.322. The van der Waals surface area contributed by atoms with Gasteiger partial charge in [0.2, 0.25) is 0 Å². The first-order valence-electron chi connectivity index (χ1n) is 7.23. The van der Waals surface area contributed by atoms with E-state index in [2.05, 4.69) is 75.8 Å². The van der Waals surface area contributed by atoms with E-state index in [0.717, 1.165) is 19.6 Å². The third kappa shape index (κ3) is 5.22. The molecule has 114 valence electrons. The van der Waals surface area contributed by atoms with Gasteiger partial charge in [-0.3, -0.25) is 4.90 Å². The van der Waals surface area contributed by atoms with Crippen LogP contribution in [0.4, 0.5) is 0 Å². The fourth-order valence-electron chi connectivity index (χ4n) is 2.45. The van der Waals surface area contributed by atoms with Gasteiger partial charge in [-0.05, 0) is 53.1 Å². The molecule has 1 atom stereocenters. The number of benzene rings is 1. The molecule has 0 spiro atoms. The van der Waals surface area contributed by atoms with Crippen LogP contribution >= 0.6 is 27.3 Å². The quantitative estimate of drug-likeness (QED) is 0.777. The molecule has 0 aliphatic heterocycles. The molecular weight excluding hydrogens is 344 g/mol. The molecule has 0 radical (unpaired) electrons. The number of nitrogens with one attached hydrogen (secondary N) is 1. The van der Waals surface area contributed by atoms with Crippen molar-refractivity contribution in [2.24, 2.45) is 0 Å². The Labute approximate surface area is 140 Å². The molecule has 2 nitrogen and oxygen atoms in total. The van der Waals surface area contributed by atoms with Crippen molar-refractivity contribution in [1.82, 2.24) is 10.2 Å². The van der Waals surface area contributed by atoms with Crippen molar-refractivity contribution >= 4 is 27.3 Å². The number of nitrogens with zero attached hydrogens (tertiary/aromatic N) is 1. The van der Waals surface area contributed by atoms with Gasteiger partial charge in [-0.25, -0.2) is 0 Å². The van der Waals surface area contributed by atoms with E-state index in [1.165, 1.54) is 20.5 Å². The van der Waals surface area contributed by atoms with Crippen LogP contribution in [-0.4, -0.2) is 25.5 Å². The van der Waals surface area contributed by atoms with Crippen LogP contribution in [0, 0.1) is 0 Å². The molecule has 0 amide bonds. The van der Waals surface area contributed by atoms with E-state index >= 15 is 0 Å². The summed E-state index contributed by atoms with van der Waals surface area (Å²) in [5, 5.41) is 5.37. The van der Waals surface area contributed by atoms with Gasteiger partial charge >= 0.3 is 0 Å². The van der Waals surface area contributed by atoms with Crippen LogP contribution in [-0.2, 0) is 13.1 Å². The monoisotopic (exact) mass is 366 g/mol. The molecule has 0 fully saturated rings. The van der Waals surface area contributed by atoms with Crippen molar-refractivity contribution < 1.29 is 0 Å². The number of halogens is 1. The number of hydrogen-bond donors (Lipinski definition) is 1. The minimum atomic E-state index is 0.560. The molecule has 4 heteroatoms. The molecule has 1 unspecified atom stereocenters. The fourth-order valence-corrected chi connectivity index (χ4v) is 3.98. The van der Waals surface area contributed by atoms with E-state index in [0.29, 0.717) is 5.92 Å². The Morgan fingerprint density at radius 3 is 2.52 bits per heavy atom. The van der Waals surface area contributed by atoms with Crippen molar-refractivity contribution in [2.75, 3.05) is 20.6 Å². The van der Waals surface area contributed by atoms with Crippen molar-refractivity contribution in [1.29, 1.82) is 0 Å². The first-order chi connectivity index (χ1) is 10.1. The highest BCUT2D eigenvalue weighted by Gasteiger charge is 2.06. The van der Waals surface area contributed by atoms with Crippen molar-refractivity contribution in [3.63, 3.8) is 0 Å². The molecule has 2 rings (SSSR count). The zero-order valence-electron chi connectivity index (χ0n) is 12.9. The van der Waals surface area contributed by atoms with E-state index in [4.69, 9.17) is 0 Å². The van der Waals surface area contributed by atoms with Gasteiger partial charge in [0.25, 0.3) is 0 Å². The topological polar surface area (TPSA) is 15.3 Å². The van der Waals surface area contributed by atoms with Crippen LogP contribution in [0.5, 0.6) is 0 Å². The number of thiophene rings is 1. The smallest absolute Gasteiger partial charge is 0.0328 e. The number of hydrogen-bond acceptors (Lipinski definition) is 3. The highest BCUT2D eigenvalue weighted by molar-refractivity contribution is 9.10. The van der Waals surface area contributed by atoms with E-state index in [9.17, 15) is 0 Å². The SMILES string of the molecule is CNCC(C)c1ccc(CN(C)Cc2cc(Br)cs2)cc1. The molecule has 0 saturated carbocycles. The summed E-state index contributed by atoms with van der Waals surface area (Å²) in [6, 6.07) is 11.2. The van der Waals surface area contributed by atoms with E-state index in [1.54, 1.807) is 11.3 Å². The zero-order valence-corrected chi connectivity index (χ0v) is 15.3. The Morgan fingerprint density at radius 2 is 1.95 bits per heavy atom. The summed E-state index contributed by atoms with van der Waals surface area (Å²) < 4.78 is 1.18. The predicted molar refractivity (Wildman–Crippen MR) is 96.0 cm³/mol. The van der Waals surface area contributed by atoms with Crippen LogP contribution in [0.2, 0.25) is 0 Å². The molecule has 0 saturated heterocycles. The third-order valence-corrected chi connectivity index (χ3v) is 5.24. The minimum absolute atomic E-state index is 0.560. The van der Waals surface area contributed by atoms with Gasteiger partial charge in [0.1, 0.15) is 0 Å². The van der Waals surface area contributed by atoms with Crippen LogP contribution in [0.25, 0.3) is 0 Å². The van der Waals surface area contributed by atoms with Crippen molar-refractivity contribution in [2.45, 2.75) is 25.9 Å². The summed E-state index contributed by atoms with van der Waals surface area (Å²) in [6.07, 6.45) is 0. The summed E-state index contributed by atoms with van der Waals surface area (Å²) >= 11 is 5.31. The highest BCUT2D eigenvalue weighted by Crippen LogP contribution is 2.21. The van der Waals surface area contributed by atoms with Gasteiger partial charge < -0.3 is 5.32 Å².